The summed E-state index contributed by atoms with van der Waals surface area (Å²) >= 11 is 6.16. The van der Waals surface area contributed by atoms with Gasteiger partial charge in [-0.05, 0) is 25.1 Å². The van der Waals surface area contributed by atoms with Crippen LogP contribution in [-0.2, 0) is 0 Å². The predicted octanol–water partition coefficient (Wildman–Crippen LogP) is 2.88. The Morgan fingerprint density at radius 1 is 1.47 bits per heavy atom. The van der Waals surface area contributed by atoms with Crippen LogP contribution in [0.1, 0.15) is 6.92 Å². The maximum Gasteiger partial charge on any atom is 0.157 e. The molecule has 2 heterocycles. The van der Waals surface area contributed by atoms with Crippen molar-refractivity contribution in [3.63, 3.8) is 0 Å². The van der Waals surface area contributed by atoms with E-state index >= 15 is 0 Å². The lowest BCUT2D eigenvalue weighted by molar-refractivity contribution is 0.498. The van der Waals surface area contributed by atoms with Crippen LogP contribution in [0.4, 0.5) is 5.69 Å². The monoisotopic (exact) mass is 250 g/mol. The van der Waals surface area contributed by atoms with E-state index in [1.54, 1.807) is 6.26 Å². The third kappa shape index (κ3) is 1.90. The Kier molecular flexibility index (Phi) is 2.73. The molecule has 0 aliphatic carbocycles. The molecule has 90 valence electrons. The van der Waals surface area contributed by atoms with Crippen molar-refractivity contribution in [1.82, 2.24) is 5.32 Å². The van der Waals surface area contributed by atoms with Gasteiger partial charge in [-0.2, -0.15) is 0 Å². The zero-order valence-corrected chi connectivity index (χ0v) is 10.5. The number of piperazine rings is 1. The summed E-state index contributed by atoms with van der Waals surface area (Å²) in [5.74, 6) is 0. The minimum atomic E-state index is 0.454. The molecule has 3 rings (SSSR count). The lowest BCUT2D eigenvalue weighted by atomic mass is 10.1. The molecule has 1 saturated heterocycles. The second kappa shape index (κ2) is 4.24. The van der Waals surface area contributed by atoms with Crippen molar-refractivity contribution in [3.05, 3.63) is 29.5 Å². The molecule has 1 aliphatic heterocycles. The molecule has 0 radical (unpaired) electrons. The van der Waals surface area contributed by atoms with E-state index in [-0.39, 0.29) is 0 Å². The van der Waals surface area contributed by atoms with Crippen molar-refractivity contribution in [2.45, 2.75) is 13.0 Å². The summed E-state index contributed by atoms with van der Waals surface area (Å²) in [6, 6.07) is 6.35. The highest BCUT2D eigenvalue weighted by atomic mass is 35.5. The molecule has 4 heteroatoms. The number of rotatable bonds is 1. The van der Waals surface area contributed by atoms with Gasteiger partial charge >= 0.3 is 0 Å². The van der Waals surface area contributed by atoms with Crippen LogP contribution in [0.25, 0.3) is 11.0 Å². The van der Waals surface area contributed by atoms with Crippen LogP contribution in [0.5, 0.6) is 0 Å². The Morgan fingerprint density at radius 3 is 3.18 bits per heavy atom. The minimum absolute atomic E-state index is 0.454. The molecule has 0 amide bonds. The molecule has 17 heavy (non-hydrogen) atoms. The van der Waals surface area contributed by atoms with Gasteiger partial charge in [-0.25, -0.2) is 0 Å². The normalized spacial score (nSPS) is 21.1. The van der Waals surface area contributed by atoms with Gasteiger partial charge in [-0.15, -0.1) is 0 Å². The third-order valence-electron chi connectivity index (χ3n) is 3.31. The summed E-state index contributed by atoms with van der Waals surface area (Å²) in [6.07, 6.45) is 1.72. The van der Waals surface area contributed by atoms with Gasteiger partial charge in [0, 0.05) is 36.1 Å². The summed E-state index contributed by atoms with van der Waals surface area (Å²) < 4.78 is 5.58. The van der Waals surface area contributed by atoms with E-state index < -0.39 is 0 Å². The number of anilines is 1. The van der Waals surface area contributed by atoms with Gasteiger partial charge in [0.25, 0.3) is 0 Å². The average Bonchev–Trinajstić information content (AvgIpc) is 2.76. The summed E-state index contributed by atoms with van der Waals surface area (Å²) in [4.78, 5) is 2.36. The van der Waals surface area contributed by atoms with Crippen molar-refractivity contribution < 1.29 is 4.42 Å². The van der Waals surface area contributed by atoms with Crippen LogP contribution < -0.4 is 10.2 Å². The number of halogens is 1. The molecule has 1 aromatic heterocycles. The topological polar surface area (TPSA) is 28.4 Å². The lowest BCUT2D eigenvalue weighted by Gasteiger charge is -2.35. The smallest absolute Gasteiger partial charge is 0.157 e. The van der Waals surface area contributed by atoms with Gasteiger partial charge in [0.15, 0.2) is 5.58 Å². The Morgan fingerprint density at radius 2 is 2.35 bits per heavy atom. The van der Waals surface area contributed by atoms with Gasteiger partial charge in [0.05, 0.1) is 12.0 Å². The van der Waals surface area contributed by atoms with Gasteiger partial charge in [-0.1, -0.05) is 11.6 Å². The summed E-state index contributed by atoms with van der Waals surface area (Å²) in [5, 5.41) is 5.22. The molecule has 1 aromatic carbocycles. The molecule has 0 unspecified atom stereocenters. The fraction of sp³-hybridized carbons (Fsp3) is 0.385. The molecule has 0 spiro atoms. The number of benzene rings is 1. The van der Waals surface area contributed by atoms with E-state index in [1.165, 1.54) is 0 Å². The maximum absolute atomic E-state index is 6.16. The molecular formula is C13H15ClN2O. The van der Waals surface area contributed by atoms with Crippen LogP contribution in [0, 0.1) is 0 Å². The first-order valence-electron chi connectivity index (χ1n) is 5.90. The molecule has 2 aromatic rings. The number of hydrogen-bond donors (Lipinski definition) is 1. The Bertz CT molecular complexity index is 537. The lowest BCUT2D eigenvalue weighted by Crippen LogP contribution is -2.50. The Labute approximate surface area is 105 Å². The van der Waals surface area contributed by atoms with Crippen molar-refractivity contribution in [3.8, 4) is 0 Å². The molecular weight excluding hydrogens is 236 g/mol. The third-order valence-corrected chi connectivity index (χ3v) is 3.53. The zero-order valence-electron chi connectivity index (χ0n) is 9.74. The van der Waals surface area contributed by atoms with Crippen molar-refractivity contribution >= 4 is 28.3 Å². The number of nitrogens with zero attached hydrogens (tertiary/aromatic N) is 1. The van der Waals surface area contributed by atoms with Crippen molar-refractivity contribution in [1.29, 1.82) is 0 Å². The van der Waals surface area contributed by atoms with Gasteiger partial charge < -0.3 is 14.6 Å². The standard InChI is InChI=1S/C13H15ClN2O/c1-9-8-15-3-4-16(9)12-7-11(14)6-10-2-5-17-13(10)12/h2,5-7,9,15H,3-4,8H2,1H3/t9-/m1/s1. The molecule has 0 bridgehead atoms. The Hall–Kier alpha value is -1.19. The molecule has 0 saturated carbocycles. The van der Waals surface area contributed by atoms with Crippen LogP contribution >= 0.6 is 11.6 Å². The molecule has 1 aliphatic rings. The van der Waals surface area contributed by atoms with E-state index in [0.717, 1.165) is 41.3 Å². The summed E-state index contributed by atoms with van der Waals surface area (Å²) in [7, 11) is 0. The highest BCUT2D eigenvalue weighted by molar-refractivity contribution is 6.31. The first-order valence-corrected chi connectivity index (χ1v) is 6.27. The van der Waals surface area contributed by atoms with Crippen LogP contribution in [0.2, 0.25) is 5.02 Å². The molecule has 3 nitrogen and oxygen atoms in total. The second-order valence-electron chi connectivity index (χ2n) is 4.51. The van der Waals surface area contributed by atoms with Crippen LogP contribution in [0.3, 0.4) is 0 Å². The quantitative estimate of drug-likeness (QED) is 0.844. The zero-order chi connectivity index (χ0) is 11.8. The highest BCUT2D eigenvalue weighted by Crippen LogP contribution is 2.32. The summed E-state index contributed by atoms with van der Waals surface area (Å²) in [6.45, 7) is 5.19. The SMILES string of the molecule is C[C@@H]1CNCCN1c1cc(Cl)cc2ccoc12. The average molecular weight is 251 g/mol. The fourth-order valence-corrected chi connectivity index (χ4v) is 2.66. The Balaban J connectivity index is 2.11. The first-order chi connectivity index (χ1) is 8.25. The fourth-order valence-electron chi connectivity index (χ4n) is 2.44. The maximum atomic E-state index is 6.16. The van der Waals surface area contributed by atoms with Gasteiger partial charge in [0.1, 0.15) is 0 Å². The summed E-state index contributed by atoms with van der Waals surface area (Å²) in [5.41, 5.74) is 2.04. The largest absolute Gasteiger partial charge is 0.462 e. The van der Waals surface area contributed by atoms with E-state index in [0.29, 0.717) is 6.04 Å². The minimum Gasteiger partial charge on any atom is -0.462 e. The van der Waals surface area contributed by atoms with Crippen molar-refractivity contribution in [2.24, 2.45) is 0 Å². The second-order valence-corrected chi connectivity index (χ2v) is 4.95. The first kappa shape index (κ1) is 10.9. The van der Waals surface area contributed by atoms with Crippen molar-refractivity contribution in [2.75, 3.05) is 24.5 Å². The number of hydrogen-bond acceptors (Lipinski definition) is 3. The van der Waals surface area contributed by atoms with Gasteiger partial charge in [-0.3, -0.25) is 0 Å². The van der Waals surface area contributed by atoms with Crippen LogP contribution in [0.15, 0.2) is 28.9 Å². The number of furan rings is 1. The van der Waals surface area contributed by atoms with Gasteiger partial charge in [0.2, 0.25) is 0 Å². The van der Waals surface area contributed by atoms with Crippen LogP contribution in [-0.4, -0.2) is 25.7 Å². The van der Waals surface area contributed by atoms with E-state index in [9.17, 15) is 0 Å². The molecule has 1 atom stereocenters. The predicted molar refractivity (Wildman–Crippen MR) is 70.9 cm³/mol. The van der Waals surface area contributed by atoms with E-state index in [1.807, 2.05) is 18.2 Å². The van der Waals surface area contributed by atoms with E-state index in [4.69, 9.17) is 16.0 Å². The van der Waals surface area contributed by atoms with E-state index in [2.05, 4.69) is 17.1 Å². The molecule has 1 fully saturated rings. The number of nitrogens with one attached hydrogen (secondary N) is 1. The number of fused-ring (bicyclic) bond motifs is 1. The molecule has 1 N–H and O–H groups in total. The highest BCUT2D eigenvalue weighted by Gasteiger charge is 2.21.